The number of hydrogen-bond acceptors (Lipinski definition) is 6. The zero-order valence-corrected chi connectivity index (χ0v) is 13.8. The zero-order valence-electron chi connectivity index (χ0n) is 13.8. The lowest BCUT2D eigenvalue weighted by Crippen LogP contribution is -2.30. The van der Waals surface area contributed by atoms with Crippen LogP contribution in [0.15, 0.2) is 41.1 Å². The molecule has 0 unspecified atom stereocenters. The topological polar surface area (TPSA) is 92.4 Å². The summed E-state index contributed by atoms with van der Waals surface area (Å²) in [5.41, 5.74) is 0.428. The van der Waals surface area contributed by atoms with Crippen LogP contribution in [0, 0.1) is 12.8 Å². The predicted octanol–water partition coefficient (Wildman–Crippen LogP) is 1.77. The summed E-state index contributed by atoms with van der Waals surface area (Å²) in [5, 5.41) is 15.3. The summed E-state index contributed by atoms with van der Waals surface area (Å²) in [4.78, 5) is 23.3. The summed E-state index contributed by atoms with van der Waals surface area (Å²) in [6.45, 7) is 2.57. The molecule has 128 valence electrons. The predicted molar refractivity (Wildman–Crippen MR) is 90.0 cm³/mol. The summed E-state index contributed by atoms with van der Waals surface area (Å²) >= 11 is 0. The Morgan fingerprint density at radius 2 is 2.16 bits per heavy atom. The maximum absolute atomic E-state index is 13.0. The van der Waals surface area contributed by atoms with Gasteiger partial charge in [-0.2, -0.15) is 4.98 Å². The normalized spacial score (nSPS) is 20.3. The van der Waals surface area contributed by atoms with Gasteiger partial charge < -0.3 is 14.5 Å². The van der Waals surface area contributed by atoms with Crippen molar-refractivity contribution < 1.29 is 14.4 Å². The first kappa shape index (κ1) is 15.7. The van der Waals surface area contributed by atoms with Gasteiger partial charge >= 0.3 is 0 Å². The maximum Gasteiger partial charge on any atom is 0.273 e. The second kappa shape index (κ2) is 6.25. The van der Waals surface area contributed by atoms with Crippen molar-refractivity contribution in [2.75, 3.05) is 19.7 Å². The third-order valence-corrected chi connectivity index (χ3v) is 4.70. The van der Waals surface area contributed by atoms with Gasteiger partial charge in [0.2, 0.25) is 5.89 Å². The fourth-order valence-corrected chi connectivity index (χ4v) is 3.41. The maximum atomic E-state index is 13.0. The Labute approximate surface area is 144 Å². The quantitative estimate of drug-likeness (QED) is 0.782. The van der Waals surface area contributed by atoms with Crippen molar-refractivity contribution in [2.45, 2.75) is 12.8 Å². The van der Waals surface area contributed by atoms with Gasteiger partial charge in [0.05, 0.1) is 5.92 Å². The third kappa shape index (κ3) is 2.76. The number of aliphatic hydroxyl groups is 1. The lowest BCUT2D eigenvalue weighted by atomic mass is 9.97. The Kier molecular flexibility index (Phi) is 3.93. The molecule has 1 amide bonds. The van der Waals surface area contributed by atoms with Gasteiger partial charge in [0, 0.05) is 37.2 Å². The number of nitrogens with zero attached hydrogens (tertiary/aromatic N) is 4. The number of rotatable bonds is 3. The Hall–Kier alpha value is -2.80. The van der Waals surface area contributed by atoms with E-state index in [1.165, 1.54) is 0 Å². The molecule has 0 spiro atoms. The van der Waals surface area contributed by atoms with Crippen LogP contribution in [0.2, 0.25) is 0 Å². The minimum Gasteiger partial charge on any atom is -0.396 e. The molecule has 1 aromatic carbocycles. The Morgan fingerprint density at radius 3 is 2.92 bits per heavy atom. The molecule has 3 heterocycles. The van der Waals surface area contributed by atoms with E-state index in [4.69, 9.17) is 4.52 Å². The van der Waals surface area contributed by atoms with E-state index in [1.54, 1.807) is 18.0 Å². The van der Waals surface area contributed by atoms with Crippen LogP contribution in [-0.4, -0.2) is 50.7 Å². The largest absolute Gasteiger partial charge is 0.396 e. The van der Waals surface area contributed by atoms with E-state index in [-0.39, 0.29) is 24.3 Å². The van der Waals surface area contributed by atoms with Crippen molar-refractivity contribution in [1.82, 2.24) is 20.0 Å². The Bertz CT molecular complexity index is 918. The molecular formula is C18H18N4O3. The Balaban J connectivity index is 1.64. The van der Waals surface area contributed by atoms with Crippen LogP contribution >= 0.6 is 0 Å². The van der Waals surface area contributed by atoms with Crippen LogP contribution in [0.3, 0.4) is 0 Å². The molecular weight excluding hydrogens is 320 g/mol. The summed E-state index contributed by atoms with van der Waals surface area (Å²) in [7, 11) is 0. The van der Waals surface area contributed by atoms with E-state index in [9.17, 15) is 9.90 Å². The van der Waals surface area contributed by atoms with Gasteiger partial charge in [-0.25, -0.2) is 0 Å². The standard InChI is InChI=1S/C18H18N4O3/c1-11-20-17(25-21-11)15-9-22(8-13(15)10-23)18(24)16-14-5-3-2-4-12(14)6-7-19-16/h2-7,13,15,23H,8-10H2,1H3/t13-,15+/m0/s1. The van der Waals surface area contributed by atoms with Crippen LogP contribution in [0.1, 0.15) is 28.1 Å². The van der Waals surface area contributed by atoms with Gasteiger partial charge in [-0.1, -0.05) is 29.4 Å². The summed E-state index contributed by atoms with van der Waals surface area (Å²) < 4.78 is 5.26. The molecule has 0 saturated carbocycles. The van der Waals surface area contributed by atoms with Crippen molar-refractivity contribution in [1.29, 1.82) is 0 Å². The molecule has 2 atom stereocenters. The molecule has 4 rings (SSSR count). The first-order chi connectivity index (χ1) is 12.2. The molecule has 1 saturated heterocycles. The van der Waals surface area contributed by atoms with Gasteiger partial charge in [0.25, 0.3) is 5.91 Å². The number of aryl methyl sites for hydroxylation is 1. The molecule has 0 radical (unpaired) electrons. The highest BCUT2D eigenvalue weighted by molar-refractivity contribution is 6.05. The molecule has 7 heteroatoms. The highest BCUT2D eigenvalue weighted by atomic mass is 16.5. The summed E-state index contributed by atoms with van der Waals surface area (Å²) in [5.74, 6) is 0.586. The molecule has 1 fully saturated rings. The minimum absolute atomic E-state index is 0.0428. The fourth-order valence-electron chi connectivity index (χ4n) is 3.41. The molecule has 0 bridgehead atoms. The molecule has 25 heavy (non-hydrogen) atoms. The summed E-state index contributed by atoms with van der Waals surface area (Å²) in [6.07, 6.45) is 1.65. The smallest absolute Gasteiger partial charge is 0.273 e. The van der Waals surface area contributed by atoms with Crippen molar-refractivity contribution in [2.24, 2.45) is 5.92 Å². The Morgan fingerprint density at radius 1 is 1.32 bits per heavy atom. The number of aromatic nitrogens is 3. The highest BCUT2D eigenvalue weighted by Gasteiger charge is 2.39. The van der Waals surface area contributed by atoms with E-state index in [0.717, 1.165) is 10.8 Å². The molecule has 1 aliphatic heterocycles. The van der Waals surface area contributed by atoms with Crippen molar-refractivity contribution >= 4 is 16.7 Å². The van der Waals surface area contributed by atoms with E-state index in [1.807, 2.05) is 30.3 Å². The monoisotopic (exact) mass is 338 g/mol. The van der Waals surface area contributed by atoms with Gasteiger partial charge in [-0.3, -0.25) is 9.78 Å². The zero-order chi connectivity index (χ0) is 17.4. The first-order valence-corrected chi connectivity index (χ1v) is 8.21. The van der Waals surface area contributed by atoms with Crippen LogP contribution in [-0.2, 0) is 0 Å². The number of carbonyl (C=O) groups excluding carboxylic acids is 1. The van der Waals surface area contributed by atoms with Gasteiger partial charge in [0.1, 0.15) is 5.69 Å². The van der Waals surface area contributed by atoms with Gasteiger partial charge in [-0.15, -0.1) is 0 Å². The van der Waals surface area contributed by atoms with Crippen molar-refractivity contribution in [3.05, 3.63) is 53.9 Å². The average Bonchev–Trinajstić information content (AvgIpc) is 3.26. The second-order valence-corrected chi connectivity index (χ2v) is 6.32. The van der Waals surface area contributed by atoms with Crippen LogP contribution < -0.4 is 0 Å². The van der Waals surface area contributed by atoms with Gasteiger partial charge in [0.15, 0.2) is 5.82 Å². The number of pyridine rings is 1. The minimum atomic E-state index is -0.162. The van der Waals surface area contributed by atoms with Crippen LogP contribution in [0.4, 0.5) is 0 Å². The van der Waals surface area contributed by atoms with Gasteiger partial charge in [-0.05, 0) is 18.4 Å². The molecule has 7 nitrogen and oxygen atoms in total. The third-order valence-electron chi connectivity index (χ3n) is 4.70. The lowest BCUT2D eigenvalue weighted by Gasteiger charge is -2.16. The van der Waals surface area contributed by atoms with Crippen molar-refractivity contribution in [3.63, 3.8) is 0 Å². The lowest BCUT2D eigenvalue weighted by molar-refractivity contribution is 0.0777. The summed E-state index contributed by atoms with van der Waals surface area (Å²) in [6, 6.07) is 9.57. The van der Waals surface area contributed by atoms with E-state index in [0.29, 0.717) is 30.5 Å². The SMILES string of the molecule is Cc1noc([C@@H]2CN(C(=O)c3nccc4ccccc34)C[C@H]2CO)n1. The number of fused-ring (bicyclic) bond motifs is 1. The number of benzene rings is 1. The second-order valence-electron chi connectivity index (χ2n) is 6.32. The van der Waals surface area contributed by atoms with Crippen LogP contribution in [0.25, 0.3) is 10.8 Å². The van der Waals surface area contributed by atoms with Crippen molar-refractivity contribution in [3.8, 4) is 0 Å². The number of likely N-dealkylation sites (tertiary alicyclic amines) is 1. The number of amides is 1. The van der Waals surface area contributed by atoms with E-state index in [2.05, 4.69) is 15.1 Å². The fraction of sp³-hybridized carbons (Fsp3) is 0.333. The number of carbonyl (C=O) groups is 1. The molecule has 2 aromatic heterocycles. The first-order valence-electron chi connectivity index (χ1n) is 8.21. The average molecular weight is 338 g/mol. The molecule has 3 aromatic rings. The molecule has 1 aliphatic rings. The van der Waals surface area contributed by atoms with Crippen LogP contribution in [0.5, 0.6) is 0 Å². The highest BCUT2D eigenvalue weighted by Crippen LogP contribution is 2.32. The van der Waals surface area contributed by atoms with E-state index < -0.39 is 0 Å². The molecule has 0 aliphatic carbocycles. The molecule has 1 N–H and O–H groups in total. The number of aliphatic hydroxyl groups excluding tert-OH is 1. The van der Waals surface area contributed by atoms with E-state index >= 15 is 0 Å². The number of hydrogen-bond donors (Lipinski definition) is 1.